The van der Waals surface area contributed by atoms with E-state index in [9.17, 15) is 4.79 Å². The van der Waals surface area contributed by atoms with Gasteiger partial charge < -0.3 is 4.90 Å². The van der Waals surface area contributed by atoms with E-state index in [0.717, 1.165) is 57.2 Å². The van der Waals surface area contributed by atoms with Crippen LogP contribution in [0.4, 0.5) is 0 Å². The van der Waals surface area contributed by atoms with Crippen LogP contribution in [-0.2, 0) is 11.3 Å². The Bertz CT molecular complexity index is 474. The van der Waals surface area contributed by atoms with E-state index in [1.165, 1.54) is 12.8 Å². The number of pyridine rings is 1. The van der Waals surface area contributed by atoms with Crippen LogP contribution < -0.4 is 0 Å². The summed E-state index contributed by atoms with van der Waals surface area (Å²) in [5.41, 5.74) is 1.12. The lowest BCUT2D eigenvalue weighted by atomic mass is 9.92. The number of hydrogen-bond acceptors (Lipinski definition) is 3. The number of aromatic nitrogens is 1. The fourth-order valence-electron chi connectivity index (χ4n) is 3.55. The summed E-state index contributed by atoms with van der Waals surface area (Å²) in [6.07, 6.45) is 6.19. The molecular formula is C18H27N3O. The quantitative estimate of drug-likeness (QED) is 0.861. The van der Waals surface area contributed by atoms with Gasteiger partial charge in [0.2, 0.25) is 5.91 Å². The average molecular weight is 301 g/mol. The lowest BCUT2D eigenvalue weighted by Gasteiger charge is -2.36. The predicted molar refractivity (Wildman–Crippen MR) is 87.2 cm³/mol. The van der Waals surface area contributed by atoms with Crippen LogP contribution in [0, 0.1) is 11.8 Å². The lowest BCUT2D eigenvalue weighted by molar-refractivity contribution is -0.138. The Morgan fingerprint density at radius 2 is 1.86 bits per heavy atom. The van der Waals surface area contributed by atoms with Gasteiger partial charge in [-0.3, -0.25) is 14.7 Å². The number of hydrogen-bond donors (Lipinski definition) is 0. The summed E-state index contributed by atoms with van der Waals surface area (Å²) < 4.78 is 0. The molecule has 2 aliphatic rings. The van der Waals surface area contributed by atoms with Gasteiger partial charge in [-0.25, -0.2) is 0 Å². The first-order chi connectivity index (χ1) is 10.7. The zero-order valence-corrected chi connectivity index (χ0v) is 13.6. The van der Waals surface area contributed by atoms with Crippen LogP contribution in [-0.4, -0.2) is 46.9 Å². The third-order valence-corrected chi connectivity index (χ3v) is 5.14. The van der Waals surface area contributed by atoms with Crippen LogP contribution in [0.15, 0.2) is 24.4 Å². The van der Waals surface area contributed by atoms with E-state index in [4.69, 9.17) is 0 Å². The van der Waals surface area contributed by atoms with Crippen LogP contribution in [0.2, 0.25) is 0 Å². The summed E-state index contributed by atoms with van der Waals surface area (Å²) in [4.78, 5) is 21.5. The van der Waals surface area contributed by atoms with Crippen LogP contribution in [0.3, 0.4) is 0 Å². The first-order valence-corrected chi connectivity index (χ1v) is 8.63. The van der Waals surface area contributed by atoms with E-state index < -0.39 is 0 Å². The monoisotopic (exact) mass is 301 g/mol. The molecular weight excluding hydrogens is 274 g/mol. The largest absolute Gasteiger partial charge is 0.342 e. The molecule has 0 spiro atoms. The van der Waals surface area contributed by atoms with Crippen molar-refractivity contribution in [2.45, 2.75) is 39.2 Å². The van der Waals surface area contributed by atoms with E-state index >= 15 is 0 Å². The maximum atomic E-state index is 12.6. The third kappa shape index (κ3) is 3.86. The van der Waals surface area contributed by atoms with Gasteiger partial charge in [-0.15, -0.1) is 0 Å². The van der Waals surface area contributed by atoms with Gasteiger partial charge in [0.25, 0.3) is 0 Å². The predicted octanol–water partition coefficient (Wildman–Crippen LogP) is 2.55. The molecule has 4 nitrogen and oxygen atoms in total. The third-order valence-electron chi connectivity index (χ3n) is 5.14. The number of amides is 1. The van der Waals surface area contributed by atoms with Gasteiger partial charge in [-0.05, 0) is 56.8 Å². The van der Waals surface area contributed by atoms with E-state index in [0.29, 0.717) is 5.91 Å². The molecule has 0 bridgehead atoms. The van der Waals surface area contributed by atoms with E-state index in [1.54, 1.807) is 0 Å². The van der Waals surface area contributed by atoms with Gasteiger partial charge >= 0.3 is 0 Å². The molecule has 1 aromatic rings. The van der Waals surface area contributed by atoms with Gasteiger partial charge in [0, 0.05) is 31.7 Å². The summed E-state index contributed by atoms with van der Waals surface area (Å²) >= 11 is 0. The van der Waals surface area contributed by atoms with E-state index in [-0.39, 0.29) is 5.92 Å². The van der Waals surface area contributed by atoms with Crippen LogP contribution >= 0.6 is 0 Å². The normalized spacial score (nSPS) is 22.0. The van der Waals surface area contributed by atoms with Crippen molar-refractivity contribution in [1.82, 2.24) is 14.8 Å². The zero-order chi connectivity index (χ0) is 15.4. The van der Waals surface area contributed by atoms with E-state index in [1.807, 2.05) is 18.3 Å². The topological polar surface area (TPSA) is 36.4 Å². The molecule has 3 heterocycles. The molecule has 3 rings (SSSR count). The molecule has 0 radical (unpaired) electrons. The van der Waals surface area contributed by atoms with Crippen molar-refractivity contribution in [1.29, 1.82) is 0 Å². The maximum absolute atomic E-state index is 12.6. The standard InChI is InChI=1S/C18H27N3O/c1-15-5-12-21(13-6-15)18(22)16-7-10-20(11-8-16)14-17-4-2-3-9-19-17/h2-4,9,15-16H,5-8,10-14H2,1H3. The minimum absolute atomic E-state index is 0.244. The molecule has 0 saturated carbocycles. The molecule has 2 saturated heterocycles. The van der Waals surface area contributed by atoms with Crippen molar-refractivity contribution < 1.29 is 4.79 Å². The fraction of sp³-hybridized carbons (Fsp3) is 0.667. The molecule has 0 N–H and O–H groups in total. The molecule has 1 amide bonds. The smallest absolute Gasteiger partial charge is 0.225 e. The summed E-state index contributed by atoms with van der Waals surface area (Å²) in [6.45, 7) is 7.15. The van der Waals surface area contributed by atoms with Gasteiger partial charge in [-0.2, -0.15) is 0 Å². The number of rotatable bonds is 3. The highest BCUT2D eigenvalue weighted by Crippen LogP contribution is 2.24. The Morgan fingerprint density at radius 3 is 2.50 bits per heavy atom. The van der Waals surface area contributed by atoms with Gasteiger partial charge in [0.1, 0.15) is 0 Å². The molecule has 4 heteroatoms. The Labute approximate surface area is 133 Å². The number of carbonyl (C=O) groups excluding carboxylic acids is 1. The van der Waals surface area contributed by atoms with Crippen LogP contribution in [0.5, 0.6) is 0 Å². The van der Waals surface area contributed by atoms with Gasteiger partial charge in [0.05, 0.1) is 5.69 Å². The lowest BCUT2D eigenvalue weighted by Crippen LogP contribution is -2.45. The molecule has 0 aromatic carbocycles. The Balaban J connectivity index is 1.46. The highest BCUT2D eigenvalue weighted by molar-refractivity contribution is 5.79. The fourth-order valence-corrected chi connectivity index (χ4v) is 3.55. The Kier molecular flexibility index (Phi) is 5.08. The Hall–Kier alpha value is -1.42. The van der Waals surface area contributed by atoms with Crippen molar-refractivity contribution in [3.63, 3.8) is 0 Å². The minimum atomic E-state index is 0.244. The molecule has 0 atom stereocenters. The Morgan fingerprint density at radius 1 is 1.14 bits per heavy atom. The average Bonchev–Trinajstić information content (AvgIpc) is 2.57. The molecule has 0 aliphatic carbocycles. The molecule has 22 heavy (non-hydrogen) atoms. The molecule has 120 valence electrons. The van der Waals surface area contributed by atoms with Gasteiger partial charge in [-0.1, -0.05) is 13.0 Å². The SMILES string of the molecule is CC1CCN(C(=O)C2CCN(Cc3ccccn3)CC2)CC1. The summed E-state index contributed by atoms with van der Waals surface area (Å²) in [5.74, 6) is 1.43. The molecule has 2 fully saturated rings. The zero-order valence-electron chi connectivity index (χ0n) is 13.6. The first-order valence-electron chi connectivity index (χ1n) is 8.63. The second-order valence-electron chi connectivity index (χ2n) is 6.88. The number of likely N-dealkylation sites (tertiary alicyclic amines) is 2. The first kappa shape index (κ1) is 15.5. The summed E-state index contributed by atoms with van der Waals surface area (Å²) in [6, 6.07) is 6.07. The number of piperidine rings is 2. The second-order valence-corrected chi connectivity index (χ2v) is 6.88. The van der Waals surface area contributed by atoms with Crippen molar-refractivity contribution in [3.05, 3.63) is 30.1 Å². The molecule has 1 aromatic heterocycles. The van der Waals surface area contributed by atoms with Crippen molar-refractivity contribution >= 4 is 5.91 Å². The van der Waals surface area contributed by atoms with Gasteiger partial charge in [0.15, 0.2) is 0 Å². The van der Waals surface area contributed by atoms with Crippen LogP contribution in [0.25, 0.3) is 0 Å². The number of carbonyl (C=O) groups is 1. The highest BCUT2D eigenvalue weighted by atomic mass is 16.2. The van der Waals surface area contributed by atoms with Crippen molar-refractivity contribution in [3.8, 4) is 0 Å². The van der Waals surface area contributed by atoms with Crippen molar-refractivity contribution in [2.75, 3.05) is 26.2 Å². The van der Waals surface area contributed by atoms with E-state index in [2.05, 4.69) is 27.8 Å². The highest BCUT2D eigenvalue weighted by Gasteiger charge is 2.30. The maximum Gasteiger partial charge on any atom is 0.225 e. The summed E-state index contributed by atoms with van der Waals surface area (Å²) in [5, 5.41) is 0. The second kappa shape index (κ2) is 7.23. The van der Waals surface area contributed by atoms with Crippen molar-refractivity contribution in [2.24, 2.45) is 11.8 Å². The molecule has 2 aliphatic heterocycles. The summed E-state index contributed by atoms with van der Waals surface area (Å²) in [7, 11) is 0. The van der Waals surface area contributed by atoms with Crippen LogP contribution in [0.1, 0.15) is 38.3 Å². The number of nitrogens with zero attached hydrogens (tertiary/aromatic N) is 3. The molecule has 0 unspecified atom stereocenters. The minimum Gasteiger partial charge on any atom is -0.342 e.